The van der Waals surface area contributed by atoms with Gasteiger partial charge >= 0.3 is 25.7 Å². The number of phosphoric ester groups is 1. The molecule has 3 unspecified atom stereocenters. The molecule has 70 heavy (non-hydrogen) atoms. The van der Waals surface area contributed by atoms with Crippen LogP contribution in [0.15, 0.2) is 60.8 Å². The Balaban J connectivity index is 4.76. The van der Waals surface area contributed by atoms with Gasteiger partial charge in [0, 0.05) is 19.3 Å². The highest BCUT2D eigenvalue weighted by Crippen LogP contribution is 2.43. The van der Waals surface area contributed by atoms with E-state index in [2.05, 4.69) is 81.5 Å². The average molecular weight is 1010 g/mol. The van der Waals surface area contributed by atoms with Gasteiger partial charge in [0.05, 0.1) is 19.8 Å². The van der Waals surface area contributed by atoms with Crippen molar-refractivity contribution in [1.29, 1.82) is 0 Å². The third-order valence-corrected chi connectivity index (χ3v) is 12.9. The number of carbonyl (C=O) groups is 3. The van der Waals surface area contributed by atoms with Gasteiger partial charge in [0.1, 0.15) is 12.7 Å². The van der Waals surface area contributed by atoms with E-state index in [1.165, 1.54) is 96.3 Å². The van der Waals surface area contributed by atoms with Crippen LogP contribution in [-0.4, -0.2) is 66.5 Å². The predicted molar refractivity (Wildman–Crippen MR) is 288 cm³/mol. The first kappa shape index (κ1) is 67.2. The van der Waals surface area contributed by atoms with Crippen LogP contribution in [0.5, 0.6) is 0 Å². The van der Waals surface area contributed by atoms with Crippen LogP contribution >= 0.6 is 7.82 Å². The van der Waals surface area contributed by atoms with Gasteiger partial charge in [-0.2, -0.15) is 0 Å². The van der Waals surface area contributed by atoms with Crippen LogP contribution in [0.25, 0.3) is 0 Å². The van der Waals surface area contributed by atoms with E-state index in [0.717, 1.165) is 96.3 Å². The number of ether oxygens (including phenoxy) is 3. The molecule has 0 fully saturated rings. The Hall–Kier alpha value is -2.82. The van der Waals surface area contributed by atoms with E-state index >= 15 is 0 Å². The van der Waals surface area contributed by atoms with Crippen molar-refractivity contribution in [1.82, 2.24) is 0 Å². The Labute approximate surface area is 427 Å². The summed E-state index contributed by atoms with van der Waals surface area (Å²) < 4.78 is 39.4. The Morgan fingerprint density at radius 3 is 1.23 bits per heavy atom. The lowest BCUT2D eigenvalue weighted by molar-refractivity contribution is -0.161. The Morgan fingerprint density at radius 2 is 0.757 bits per heavy atom. The van der Waals surface area contributed by atoms with E-state index in [1.54, 1.807) is 0 Å². The Kier molecular flexibility index (Phi) is 50.4. The molecule has 0 amide bonds. The normalized spacial score (nSPS) is 13.8. The van der Waals surface area contributed by atoms with Crippen LogP contribution < -0.4 is 0 Å². The molecule has 0 saturated carbocycles. The highest BCUT2D eigenvalue weighted by molar-refractivity contribution is 7.47. The number of unbranched alkanes of at least 4 members (excludes halogenated alkanes) is 25. The number of aliphatic hydroxyl groups is 1. The van der Waals surface area contributed by atoms with E-state index < -0.39 is 57.8 Å². The molecular formula is C58H103O11P. The Morgan fingerprint density at radius 1 is 0.414 bits per heavy atom. The van der Waals surface area contributed by atoms with E-state index in [4.69, 9.17) is 23.3 Å². The molecule has 0 rings (SSSR count). The standard InChI is InChI=1S/C58H103O11P/c1-4-7-10-13-16-19-22-24-26-27-29-30-33-35-38-41-44-47-56(60)65-51-55(69-58(62)49-46-43-40-37-34-31-28-25-23-20-17-14-11-8-5-2)53-67-70(63,64)66-52-54(50-59)68-57(61)48-45-42-39-36-32-21-18-15-12-9-6-3/h8,11,15,17-18,20,25,28,34,37,54-55,59H,4-7,9-10,12-14,16,19,21-24,26-27,29-33,35-36,38-53H2,1-3H3,(H,63,64)/b11-8-,18-15-,20-17-,28-25-,37-34-. The zero-order valence-electron chi connectivity index (χ0n) is 44.7. The summed E-state index contributed by atoms with van der Waals surface area (Å²) in [6.07, 6.45) is 56.2. The first-order valence-electron chi connectivity index (χ1n) is 28.2. The first-order valence-corrected chi connectivity index (χ1v) is 29.7. The maximum absolute atomic E-state index is 12.9. The molecule has 2 N–H and O–H groups in total. The fourth-order valence-corrected chi connectivity index (χ4v) is 8.41. The summed E-state index contributed by atoms with van der Waals surface area (Å²) in [5.41, 5.74) is 0. The van der Waals surface area contributed by atoms with Gasteiger partial charge in [-0.05, 0) is 77.0 Å². The minimum Gasteiger partial charge on any atom is -0.462 e. The lowest BCUT2D eigenvalue weighted by Gasteiger charge is -2.21. The van der Waals surface area contributed by atoms with Gasteiger partial charge in [0.15, 0.2) is 6.10 Å². The largest absolute Gasteiger partial charge is 0.472 e. The number of esters is 3. The van der Waals surface area contributed by atoms with Crippen molar-refractivity contribution in [3.8, 4) is 0 Å². The molecule has 0 saturated heterocycles. The van der Waals surface area contributed by atoms with Crippen LogP contribution in [0.2, 0.25) is 0 Å². The highest BCUT2D eigenvalue weighted by atomic mass is 31.2. The molecule has 0 heterocycles. The number of allylic oxidation sites excluding steroid dienone is 10. The van der Waals surface area contributed by atoms with Crippen molar-refractivity contribution in [3.63, 3.8) is 0 Å². The maximum atomic E-state index is 12.9. The smallest absolute Gasteiger partial charge is 0.462 e. The lowest BCUT2D eigenvalue weighted by Crippen LogP contribution is -2.30. The maximum Gasteiger partial charge on any atom is 0.472 e. The summed E-state index contributed by atoms with van der Waals surface area (Å²) in [7, 11) is -4.75. The molecule has 0 spiro atoms. The second-order valence-corrected chi connectivity index (χ2v) is 20.2. The van der Waals surface area contributed by atoms with E-state index in [1.807, 2.05) is 0 Å². The molecule has 0 aliphatic rings. The predicted octanol–water partition coefficient (Wildman–Crippen LogP) is 16.4. The first-order chi connectivity index (χ1) is 34.2. The zero-order valence-corrected chi connectivity index (χ0v) is 45.6. The molecule has 3 atom stereocenters. The minimum atomic E-state index is -4.75. The minimum absolute atomic E-state index is 0.116. The Bertz CT molecular complexity index is 1410. The number of aliphatic hydroxyl groups excluding tert-OH is 1. The van der Waals surface area contributed by atoms with Crippen LogP contribution in [0.3, 0.4) is 0 Å². The van der Waals surface area contributed by atoms with Gasteiger partial charge in [-0.15, -0.1) is 0 Å². The van der Waals surface area contributed by atoms with Gasteiger partial charge in [0.25, 0.3) is 0 Å². The topological polar surface area (TPSA) is 155 Å². The van der Waals surface area contributed by atoms with Gasteiger partial charge in [-0.1, -0.05) is 216 Å². The number of rotatable bonds is 52. The second kappa shape index (κ2) is 52.5. The molecule has 0 aromatic carbocycles. The number of hydrogen-bond donors (Lipinski definition) is 2. The molecule has 0 aliphatic carbocycles. The van der Waals surface area contributed by atoms with E-state index in [-0.39, 0.29) is 25.9 Å². The van der Waals surface area contributed by atoms with Crippen molar-refractivity contribution in [2.24, 2.45) is 0 Å². The van der Waals surface area contributed by atoms with Gasteiger partial charge in [-0.3, -0.25) is 23.4 Å². The SMILES string of the molecule is CC/C=C\C/C=C\C/C=C\C/C=C\CCCCC(=O)OC(COC(=O)CCCCCCCCCCCCCCCCCCC)COP(=O)(O)OCC(CO)OC(=O)CCCCCCC/C=C\CCCC. The van der Waals surface area contributed by atoms with E-state index in [9.17, 15) is 28.9 Å². The number of hydrogen-bond acceptors (Lipinski definition) is 10. The van der Waals surface area contributed by atoms with Crippen molar-refractivity contribution in [3.05, 3.63) is 60.8 Å². The molecule has 0 aromatic rings. The van der Waals surface area contributed by atoms with Gasteiger partial charge in [0.2, 0.25) is 0 Å². The molecule has 0 aromatic heterocycles. The van der Waals surface area contributed by atoms with Crippen molar-refractivity contribution < 1.29 is 52.2 Å². The number of carbonyl (C=O) groups excluding carboxylic acids is 3. The van der Waals surface area contributed by atoms with Crippen molar-refractivity contribution >= 4 is 25.7 Å². The molecule has 11 nitrogen and oxygen atoms in total. The summed E-state index contributed by atoms with van der Waals surface area (Å²) in [6, 6.07) is 0. The molecule has 406 valence electrons. The van der Waals surface area contributed by atoms with Crippen LogP contribution in [0, 0.1) is 0 Å². The second-order valence-electron chi connectivity index (χ2n) is 18.7. The summed E-state index contributed by atoms with van der Waals surface area (Å²) in [6.45, 7) is 4.45. The van der Waals surface area contributed by atoms with Crippen molar-refractivity contribution in [2.45, 2.75) is 264 Å². The van der Waals surface area contributed by atoms with Gasteiger partial charge < -0.3 is 24.2 Å². The molecule has 0 bridgehead atoms. The van der Waals surface area contributed by atoms with Crippen LogP contribution in [0.4, 0.5) is 0 Å². The summed E-state index contributed by atoms with van der Waals surface area (Å²) in [5, 5.41) is 9.78. The highest BCUT2D eigenvalue weighted by Gasteiger charge is 2.28. The summed E-state index contributed by atoms with van der Waals surface area (Å²) >= 11 is 0. The van der Waals surface area contributed by atoms with Crippen LogP contribution in [0.1, 0.15) is 252 Å². The van der Waals surface area contributed by atoms with Crippen LogP contribution in [-0.2, 0) is 42.2 Å². The summed E-state index contributed by atoms with van der Waals surface area (Å²) in [5.74, 6) is -1.52. The monoisotopic (exact) mass is 1010 g/mol. The fraction of sp³-hybridized carbons (Fsp3) is 0.776. The molecule has 12 heteroatoms. The lowest BCUT2D eigenvalue weighted by atomic mass is 10.0. The van der Waals surface area contributed by atoms with E-state index in [0.29, 0.717) is 19.3 Å². The van der Waals surface area contributed by atoms with Crippen molar-refractivity contribution in [2.75, 3.05) is 26.4 Å². The molecule has 0 aliphatic heterocycles. The average Bonchev–Trinajstić information content (AvgIpc) is 3.35. The quantitative estimate of drug-likeness (QED) is 0.0197. The molecular weight excluding hydrogens is 904 g/mol. The summed E-state index contributed by atoms with van der Waals surface area (Å²) in [4.78, 5) is 48.4. The zero-order chi connectivity index (χ0) is 51.3. The number of phosphoric acid groups is 1. The third-order valence-electron chi connectivity index (χ3n) is 11.9. The van der Waals surface area contributed by atoms with Gasteiger partial charge in [-0.25, -0.2) is 4.57 Å². The fourth-order valence-electron chi connectivity index (χ4n) is 7.62. The third kappa shape index (κ3) is 50.1. The molecule has 0 radical (unpaired) electrons.